The van der Waals surface area contributed by atoms with Gasteiger partial charge in [0.25, 0.3) is 5.91 Å². The van der Waals surface area contributed by atoms with Crippen molar-refractivity contribution in [3.63, 3.8) is 0 Å². The van der Waals surface area contributed by atoms with Gasteiger partial charge < -0.3 is 9.15 Å². The maximum Gasteiger partial charge on any atom is 0.303 e. The third-order valence-corrected chi connectivity index (χ3v) is 5.72. The number of aromatic nitrogens is 2. The summed E-state index contributed by atoms with van der Waals surface area (Å²) in [6, 6.07) is 8.86. The standard InChI is InChI=1S/C19H19N3O4S2/c1-3-14-9-20-15(26-14)11-27-16-10-21-19(28-16)22-18(24)17(25-12(2)23)13-7-5-4-6-8-13/h4-10,17H,3,11H2,1-2H3,(H,21,22,24)/t17-/m1/s1. The van der Waals surface area contributed by atoms with Gasteiger partial charge in [-0.1, -0.05) is 48.6 Å². The lowest BCUT2D eigenvalue weighted by Gasteiger charge is -2.16. The molecule has 0 saturated heterocycles. The van der Waals surface area contributed by atoms with Gasteiger partial charge in [0.1, 0.15) is 5.76 Å². The van der Waals surface area contributed by atoms with Crippen molar-refractivity contribution in [3.8, 4) is 0 Å². The number of oxazole rings is 1. The van der Waals surface area contributed by atoms with Gasteiger partial charge in [-0.25, -0.2) is 9.97 Å². The zero-order valence-corrected chi connectivity index (χ0v) is 17.0. The SMILES string of the molecule is CCc1cnc(CSc2cnc(NC(=O)[C@H](OC(C)=O)c3ccccc3)s2)o1. The van der Waals surface area contributed by atoms with Crippen LogP contribution in [0.3, 0.4) is 0 Å². The van der Waals surface area contributed by atoms with Crippen molar-refractivity contribution in [2.24, 2.45) is 0 Å². The molecule has 0 aliphatic carbocycles. The molecule has 1 amide bonds. The van der Waals surface area contributed by atoms with E-state index in [1.165, 1.54) is 30.0 Å². The fourth-order valence-corrected chi connectivity index (χ4v) is 4.06. The number of hydrogen-bond donors (Lipinski definition) is 1. The molecule has 1 atom stereocenters. The third-order valence-electron chi connectivity index (χ3n) is 3.63. The Morgan fingerprint density at radius 2 is 2.04 bits per heavy atom. The molecule has 9 heteroatoms. The van der Waals surface area contributed by atoms with Crippen LogP contribution in [0.25, 0.3) is 0 Å². The van der Waals surface area contributed by atoms with E-state index in [2.05, 4.69) is 15.3 Å². The molecule has 146 valence electrons. The number of amides is 1. The molecule has 3 rings (SSSR count). The van der Waals surface area contributed by atoms with E-state index in [4.69, 9.17) is 9.15 Å². The van der Waals surface area contributed by atoms with Crippen molar-refractivity contribution in [1.82, 2.24) is 9.97 Å². The number of thiazole rings is 1. The van der Waals surface area contributed by atoms with Gasteiger partial charge in [0, 0.05) is 18.9 Å². The number of thioether (sulfide) groups is 1. The first-order valence-corrected chi connectivity index (χ1v) is 10.4. The average Bonchev–Trinajstić information content (AvgIpc) is 3.34. The predicted molar refractivity (Wildman–Crippen MR) is 107 cm³/mol. The predicted octanol–water partition coefficient (Wildman–Crippen LogP) is 4.23. The summed E-state index contributed by atoms with van der Waals surface area (Å²) in [5.41, 5.74) is 0.594. The van der Waals surface area contributed by atoms with Crippen molar-refractivity contribution in [1.29, 1.82) is 0 Å². The van der Waals surface area contributed by atoms with Gasteiger partial charge in [0.2, 0.25) is 12.0 Å². The molecule has 0 aliphatic rings. The Balaban J connectivity index is 1.62. The lowest BCUT2D eigenvalue weighted by molar-refractivity contribution is -0.152. The van der Waals surface area contributed by atoms with E-state index in [1.807, 2.05) is 13.0 Å². The zero-order chi connectivity index (χ0) is 19.9. The highest BCUT2D eigenvalue weighted by atomic mass is 32.2. The molecule has 3 aromatic rings. The molecule has 0 spiro atoms. The van der Waals surface area contributed by atoms with E-state index in [0.717, 1.165) is 16.4 Å². The quantitative estimate of drug-likeness (QED) is 0.433. The molecule has 2 aromatic heterocycles. The monoisotopic (exact) mass is 417 g/mol. The van der Waals surface area contributed by atoms with Gasteiger partial charge in [0.05, 0.1) is 22.4 Å². The van der Waals surface area contributed by atoms with Crippen LogP contribution < -0.4 is 5.32 Å². The summed E-state index contributed by atoms with van der Waals surface area (Å²) < 4.78 is 11.7. The Kier molecular flexibility index (Phi) is 6.83. The number of benzene rings is 1. The van der Waals surface area contributed by atoms with Crippen molar-refractivity contribution >= 4 is 40.1 Å². The molecule has 0 fully saturated rings. The van der Waals surface area contributed by atoms with Crippen LogP contribution in [0.4, 0.5) is 5.13 Å². The summed E-state index contributed by atoms with van der Waals surface area (Å²) in [6.07, 6.45) is 3.18. The maximum atomic E-state index is 12.6. The largest absolute Gasteiger partial charge is 0.447 e. The Morgan fingerprint density at radius 1 is 1.25 bits per heavy atom. The van der Waals surface area contributed by atoms with Gasteiger partial charge >= 0.3 is 5.97 Å². The molecular formula is C19H19N3O4S2. The third kappa shape index (κ3) is 5.43. The number of ether oxygens (including phenoxy) is 1. The Hall–Kier alpha value is -2.65. The van der Waals surface area contributed by atoms with E-state index in [1.54, 1.807) is 36.7 Å². The second-order valence-electron chi connectivity index (χ2n) is 5.74. The van der Waals surface area contributed by atoms with Crippen molar-refractivity contribution in [2.45, 2.75) is 36.3 Å². The van der Waals surface area contributed by atoms with Crippen LogP contribution in [0.15, 0.2) is 51.4 Å². The molecular weight excluding hydrogens is 398 g/mol. The smallest absolute Gasteiger partial charge is 0.303 e. The average molecular weight is 418 g/mol. The number of anilines is 1. The summed E-state index contributed by atoms with van der Waals surface area (Å²) in [7, 11) is 0. The van der Waals surface area contributed by atoms with E-state index in [0.29, 0.717) is 22.3 Å². The minimum absolute atomic E-state index is 0.433. The number of esters is 1. The van der Waals surface area contributed by atoms with Crippen LogP contribution in [0, 0.1) is 0 Å². The number of hydrogen-bond acceptors (Lipinski definition) is 8. The van der Waals surface area contributed by atoms with Gasteiger partial charge in [-0.15, -0.1) is 11.8 Å². The number of nitrogens with one attached hydrogen (secondary N) is 1. The highest BCUT2D eigenvalue weighted by molar-refractivity contribution is 8.00. The van der Waals surface area contributed by atoms with E-state index < -0.39 is 18.0 Å². The topological polar surface area (TPSA) is 94.3 Å². The minimum atomic E-state index is -1.03. The molecule has 0 aliphatic heterocycles. The first-order chi connectivity index (χ1) is 13.5. The fraction of sp³-hybridized carbons (Fsp3) is 0.263. The highest BCUT2D eigenvalue weighted by Gasteiger charge is 2.24. The summed E-state index contributed by atoms with van der Waals surface area (Å²) in [4.78, 5) is 32.5. The number of carbonyl (C=O) groups is 2. The lowest BCUT2D eigenvalue weighted by Crippen LogP contribution is -2.25. The normalized spacial score (nSPS) is 11.8. The molecule has 1 N–H and O–H groups in total. The van der Waals surface area contributed by atoms with Crippen LogP contribution in [0.2, 0.25) is 0 Å². The molecule has 28 heavy (non-hydrogen) atoms. The second-order valence-corrected chi connectivity index (χ2v) is 8.04. The summed E-state index contributed by atoms with van der Waals surface area (Å²) in [5.74, 6) is 1.10. The molecule has 1 aromatic carbocycles. The first kappa shape index (κ1) is 20.1. The van der Waals surface area contributed by atoms with Crippen LogP contribution >= 0.6 is 23.1 Å². The van der Waals surface area contributed by atoms with Gasteiger partial charge in [-0.05, 0) is 0 Å². The molecule has 0 radical (unpaired) electrons. The number of rotatable bonds is 8. The number of aryl methyl sites for hydroxylation is 1. The summed E-state index contributed by atoms with van der Waals surface area (Å²) in [6.45, 7) is 3.28. The van der Waals surface area contributed by atoms with E-state index in [9.17, 15) is 9.59 Å². The highest BCUT2D eigenvalue weighted by Crippen LogP contribution is 2.31. The summed E-state index contributed by atoms with van der Waals surface area (Å²) in [5, 5.41) is 3.15. The molecule has 7 nitrogen and oxygen atoms in total. The number of nitrogens with zero attached hydrogens (tertiary/aromatic N) is 2. The van der Waals surface area contributed by atoms with Crippen molar-refractivity contribution in [2.75, 3.05) is 5.32 Å². The second kappa shape index (κ2) is 9.52. The van der Waals surface area contributed by atoms with Crippen LogP contribution in [0.1, 0.15) is 37.2 Å². The molecule has 0 saturated carbocycles. The first-order valence-electron chi connectivity index (χ1n) is 8.60. The Morgan fingerprint density at radius 3 is 2.71 bits per heavy atom. The molecule has 2 heterocycles. The van der Waals surface area contributed by atoms with Crippen molar-refractivity contribution < 1.29 is 18.7 Å². The van der Waals surface area contributed by atoms with E-state index in [-0.39, 0.29) is 0 Å². The van der Waals surface area contributed by atoms with Gasteiger partial charge in [0.15, 0.2) is 5.13 Å². The maximum absolute atomic E-state index is 12.6. The van der Waals surface area contributed by atoms with Crippen molar-refractivity contribution in [3.05, 3.63) is 59.9 Å². The molecule has 0 unspecified atom stereocenters. The van der Waals surface area contributed by atoms with Crippen LogP contribution in [0.5, 0.6) is 0 Å². The Bertz CT molecular complexity index is 940. The van der Waals surface area contributed by atoms with Crippen LogP contribution in [-0.2, 0) is 26.5 Å². The fourth-order valence-electron chi connectivity index (χ4n) is 2.33. The van der Waals surface area contributed by atoms with E-state index >= 15 is 0 Å². The number of carbonyl (C=O) groups excluding carboxylic acids is 2. The zero-order valence-electron chi connectivity index (χ0n) is 15.4. The summed E-state index contributed by atoms with van der Waals surface area (Å²) >= 11 is 2.86. The van der Waals surface area contributed by atoms with Crippen LogP contribution in [-0.4, -0.2) is 21.8 Å². The minimum Gasteiger partial charge on any atom is -0.447 e. The van der Waals surface area contributed by atoms with Gasteiger partial charge in [-0.2, -0.15) is 0 Å². The van der Waals surface area contributed by atoms with Gasteiger partial charge in [-0.3, -0.25) is 14.9 Å². The lowest BCUT2D eigenvalue weighted by atomic mass is 10.1. The molecule has 0 bridgehead atoms. The Labute approximate surface area is 170 Å².